The monoisotopic (exact) mass is 369 g/mol. The van der Waals surface area contributed by atoms with Gasteiger partial charge in [-0.1, -0.05) is 43.3 Å². The molecule has 0 aliphatic carbocycles. The predicted octanol–water partition coefficient (Wildman–Crippen LogP) is 2.65. The maximum absolute atomic E-state index is 12.4. The van der Waals surface area contributed by atoms with Crippen molar-refractivity contribution in [3.05, 3.63) is 59.7 Å². The van der Waals surface area contributed by atoms with Crippen LogP contribution in [-0.2, 0) is 11.2 Å². The first kappa shape index (κ1) is 20.6. The number of rotatable bonds is 9. The maximum atomic E-state index is 12.4. The SMILES string of the molecule is CCc1ccc(-c2ccc(C(=O)N[C@@H](CCCCN)C(=O)NO)cc2)cc1. The van der Waals surface area contributed by atoms with Crippen molar-refractivity contribution in [3.8, 4) is 11.1 Å². The number of nitrogens with two attached hydrogens (primary N) is 1. The Bertz CT molecular complexity index is 742. The van der Waals surface area contributed by atoms with Crippen molar-refractivity contribution in [3.63, 3.8) is 0 Å². The van der Waals surface area contributed by atoms with Gasteiger partial charge in [0.25, 0.3) is 11.8 Å². The Labute approximate surface area is 159 Å². The summed E-state index contributed by atoms with van der Waals surface area (Å²) >= 11 is 0. The molecule has 0 radical (unpaired) electrons. The smallest absolute Gasteiger partial charge is 0.265 e. The van der Waals surface area contributed by atoms with Crippen LogP contribution in [-0.4, -0.2) is 29.6 Å². The van der Waals surface area contributed by atoms with Crippen molar-refractivity contribution in [2.45, 2.75) is 38.6 Å². The van der Waals surface area contributed by atoms with Gasteiger partial charge in [0.05, 0.1) is 0 Å². The molecule has 0 aliphatic rings. The number of carbonyl (C=O) groups is 2. The van der Waals surface area contributed by atoms with Crippen molar-refractivity contribution in [1.82, 2.24) is 10.8 Å². The predicted molar refractivity (Wildman–Crippen MR) is 105 cm³/mol. The molecule has 5 N–H and O–H groups in total. The quantitative estimate of drug-likeness (QED) is 0.310. The van der Waals surface area contributed by atoms with E-state index < -0.39 is 11.9 Å². The largest absolute Gasteiger partial charge is 0.340 e. The summed E-state index contributed by atoms with van der Waals surface area (Å²) in [5, 5.41) is 11.5. The van der Waals surface area contributed by atoms with E-state index in [0.29, 0.717) is 24.9 Å². The Morgan fingerprint density at radius 1 is 1.00 bits per heavy atom. The van der Waals surface area contributed by atoms with Gasteiger partial charge >= 0.3 is 0 Å². The van der Waals surface area contributed by atoms with E-state index in [2.05, 4.69) is 36.5 Å². The van der Waals surface area contributed by atoms with Crippen molar-refractivity contribution >= 4 is 11.8 Å². The third kappa shape index (κ3) is 5.91. The molecular formula is C21H27N3O3. The minimum Gasteiger partial charge on any atom is -0.340 e. The Kier molecular flexibility index (Phi) is 7.98. The molecule has 144 valence electrons. The average molecular weight is 369 g/mol. The molecular weight excluding hydrogens is 342 g/mol. The molecule has 0 bridgehead atoms. The van der Waals surface area contributed by atoms with Crippen LogP contribution in [0.2, 0.25) is 0 Å². The van der Waals surface area contributed by atoms with Crippen molar-refractivity contribution in [1.29, 1.82) is 0 Å². The van der Waals surface area contributed by atoms with Crippen LogP contribution in [0, 0.1) is 0 Å². The minimum atomic E-state index is -0.796. The molecule has 0 fully saturated rings. The Morgan fingerprint density at radius 2 is 1.59 bits per heavy atom. The van der Waals surface area contributed by atoms with Crippen molar-refractivity contribution < 1.29 is 14.8 Å². The average Bonchev–Trinajstić information content (AvgIpc) is 2.72. The molecule has 0 heterocycles. The molecule has 2 aromatic rings. The highest BCUT2D eigenvalue weighted by molar-refractivity contribution is 5.97. The molecule has 2 rings (SSSR count). The summed E-state index contributed by atoms with van der Waals surface area (Å²) in [7, 11) is 0. The summed E-state index contributed by atoms with van der Waals surface area (Å²) in [6.07, 6.45) is 2.84. The molecule has 0 aromatic heterocycles. The van der Waals surface area contributed by atoms with Gasteiger partial charge in [0.2, 0.25) is 0 Å². The molecule has 6 heteroatoms. The number of hydrogen-bond donors (Lipinski definition) is 4. The van der Waals surface area contributed by atoms with E-state index in [-0.39, 0.29) is 5.91 Å². The molecule has 0 saturated carbocycles. The molecule has 0 aliphatic heterocycles. The van der Waals surface area contributed by atoms with E-state index in [1.165, 1.54) is 5.56 Å². The highest BCUT2D eigenvalue weighted by Gasteiger charge is 2.20. The van der Waals surface area contributed by atoms with Gasteiger partial charge in [-0.15, -0.1) is 0 Å². The fraction of sp³-hybridized carbons (Fsp3) is 0.333. The number of carbonyl (C=O) groups excluding carboxylic acids is 2. The van der Waals surface area contributed by atoms with Crippen LogP contribution in [0.1, 0.15) is 42.1 Å². The lowest BCUT2D eigenvalue weighted by Gasteiger charge is -2.16. The van der Waals surface area contributed by atoms with Crippen molar-refractivity contribution in [2.75, 3.05) is 6.54 Å². The Balaban J connectivity index is 2.05. The normalized spacial score (nSPS) is 11.7. The summed E-state index contributed by atoms with van der Waals surface area (Å²) < 4.78 is 0. The molecule has 1 atom stereocenters. The van der Waals surface area contributed by atoms with E-state index in [9.17, 15) is 9.59 Å². The lowest BCUT2D eigenvalue weighted by atomic mass is 10.0. The van der Waals surface area contributed by atoms with Gasteiger partial charge in [0.15, 0.2) is 0 Å². The van der Waals surface area contributed by atoms with Gasteiger partial charge in [0, 0.05) is 5.56 Å². The molecule has 0 spiro atoms. The van der Waals surface area contributed by atoms with E-state index in [4.69, 9.17) is 10.9 Å². The van der Waals surface area contributed by atoms with Crippen LogP contribution in [0.25, 0.3) is 11.1 Å². The highest BCUT2D eigenvalue weighted by atomic mass is 16.5. The van der Waals surface area contributed by atoms with Gasteiger partial charge in [-0.3, -0.25) is 14.8 Å². The van der Waals surface area contributed by atoms with E-state index in [1.54, 1.807) is 17.6 Å². The van der Waals surface area contributed by atoms with Crippen molar-refractivity contribution in [2.24, 2.45) is 5.73 Å². The molecule has 2 aromatic carbocycles. The van der Waals surface area contributed by atoms with Crippen LogP contribution in [0.5, 0.6) is 0 Å². The number of hydroxylamine groups is 1. The highest BCUT2D eigenvalue weighted by Crippen LogP contribution is 2.20. The second-order valence-electron chi connectivity index (χ2n) is 6.41. The fourth-order valence-corrected chi connectivity index (χ4v) is 2.83. The number of aryl methyl sites for hydroxylation is 1. The molecule has 6 nitrogen and oxygen atoms in total. The zero-order valence-corrected chi connectivity index (χ0v) is 15.6. The molecule has 0 saturated heterocycles. The number of amides is 2. The number of hydrogen-bond acceptors (Lipinski definition) is 4. The minimum absolute atomic E-state index is 0.357. The van der Waals surface area contributed by atoms with E-state index >= 15 is 0 Å². The number of nitrogens with one attached hydrogen (secondary N) is 2. The number of unbranched alkanes of at least 4 members (excludes halogenated alkanes) is 1. The van der Waals surface area contributed by atoms with Crippen LogP contribution < -0.4 is 16.5 Å². The first-order valence-electron chi connectivity index (χ1n) is 9.23. The van der Waals surface area contributed by atoms with E-state index in [1.807, 2.05) is 12.1 Å². The lowest BCUT2D eigenvalue weighted by Crippen LogP contribution is -2.45. The summed E-state index contributed by atoms with van der Waals surface area (Å²) in [5.41, 5.74) is 10.9. The van der Waals surface area contributed by atoms with Crippen LogP contribution in [0.4, 0.5) is 0 Å². The first-order chi connectivity index (χ1) is 13.1. The van der Waals surface area contributed by atoms with Gasteiger partial charge < -0.3 is 11.1 Å². The molecule has 0 unspecified atom stereocenters. The molecule has 2 amide bonds. The first-order valence-corrected chi connectivity index (χ1v) is 9.23. The van der Waals surface area contributed by atoms with E-state index in [0.717, 1.165) is 24.0 Å². The van der Waals surface area contributed by atoms with Gasteiger partial charge in [0.1, 0.15) is 6.04 Å². The van der Waals surface area contributed by atoms with Gasteiger partial charge in [-0.25, -0.2) is 5.48 Å². The Hall–Kier alpha value is -2.70. The second kappa shape index (κ2) is 10.4. The van der Waals surface area contributed by atoms with Gasteiger partial charge in [-0.05, 0) is 61.1 Å². The zero-order valence-electron chi connectivity index (χ0n) is 15.6. The standard InChI is InChI=1S/C21H27N3O3/c1-2-15-6-8-16(9-7-15)17-10-12-18(13-11-17)20(25)23-19(21(26)24-27)5-3-4-14-22/h6-13,19,27H,2-5,14,22H2,1H3,(H,23,25)(H,24,26)/t19-/m0/s1. The van der Waals surface area contributed by atoms with Crippen LogP contribution in [0.15, 0.2) is 48.5 Å². The van der Waals surface area contributed by atoms with Crippen LogP contribution in [0.3, 0.4) is 0 Å². The molecule has 27 heavy (non-hydrogen) atoms. The number of benzene rings is 2. The third-order valence-electron chi connectivity index (χ3n) is 4.52. The summed E-state index contributed by atoms with van der Waals surface area (Å²) in [5.74, 6) is -0.989. The summed E-state index contributed by atoms with van der Waals surface area (Å²) in [6.45, 7) is 2.63. The summed E-state index contributed by atoms with van der Waals surface area (Å²) in [4.78, 5) is 24.2. The van der Waals surface area contributed by atoms with Crippen LogP contribution >= 0.6 is 0 Å². The maximum Gasteiger partial charge on any atom is 0.265 e. The second-order valence-corrected chi connectivity index (χ2v) is 6.41. The Morgan fingerprint density at radius 3 is 2.11 bits per heavy atom. The van der Waals surface area contributed by atoms with Gasteiger partial charge in [-0.2, -0.15) is 0 Å². The lowest BCUT2D eigenvalue weighted by molar-refractivity contribution is -0.131. The third-order valence-corrected chi connectivity index (χ3v) is 4.52. The fourth-order valence-electron chi connectivity index (χ4n) is 2.83. The topological polar surface area (TPSA) is 104 Å². The summed E-state index contributed by atoms with van der Waals surface area (Å²) in [6, 6.07) is 14.7. The zero-order chi connectivity index (χ0) is 19.6.